The van der Waals surface area contributed by atoms with Crippen LogP contribution >= 0.6 is 0 Å². The molecule has 8 aromatic rings. The molecule has 52 heavy (non-hydrogen) atoms. The summed E-state index contributed by atoms with van der Waals surface area (Å²) in [6.07, 6.45) is 16.2. The minimum atomic E-state index is 0.901. The molecule has 0 saturated carbocycles. The van der Waals surface area contributed by atoms with Crippen LogP contribution in [0.2, 0.25) is 0 Å². The maximum absolute atomic E-state index is 6.27. The van der Waals surface area contributed by atoms with Crippen molar-refractivity contribution in [1.82, 2.24) is 0 Å². The van der Waals surface area contributed by atoms with Crippen molar-refractivity contribution < 1.29 is 8.83 Å². The zero-order chi connectivity index (χ0) is 36.0. The fourth-order valence-corrected chi connectivity index (χ4v) is 7.45. The summed E-state index contributed by atoms with van der Waals surface area (Å²) in [6, 6.07) is 38.9. The Hall–Kier alpha value is -5.34. The lowest BCUT2D eigenvalue weighted by atomic mass is 9.94. The van der Waals surface area contributed by atoms with Gasteiger partial charge in [0.2, 0.25) is 0 Å². The summed E-state index contributed by atoms with van der Waals surface area (Å²) in [5.41, 5.74) is 8.00. The minimum absolute atomic E-state index is 0.901. The first-order valence-electron chi connectivity index (χ1n) is 19.1. The molecule has 8 rings (SSSR count). The van der Waals surface area contributed by atoms with Gasteiger partial charge in [0, 0.05) is 21.9 Å². The summed E-state index contributed by atoms with van der Waals surface area (Å²) < 4.78 is 12.5. The van der Waals surface area contributed by atoms with E-state index in [2.05, 4.69) is 162 Å². The molecule has 0 aliphatic heterocycles. The van der Waals surface area contributed by atoms with E-state index in [4.69, 9.17) is 8.83 Å². The Morgan fingerprint density at radius 3 is 1.31 bits per heavy atom. The van der Waals surface area contributed by atoms with Gasteiger partial charge >= 0.3 is 0 Å². The first-order chi connectivity index (χ1) is 25.5. The highest BCUT2D eigenvalue weighted by molar-refractivity contribution is 6.24. The molecule has 0 amide bonds. The molecule has 2 heterocycles. The molecule has 262 valence electrons. The molecular formula is C50H50O2. The van der Waals surface area contributed by atoms with Crippen LogP contribution in [0.15, 0.2) is 142 Å². The van der Waals surface area contributed by atoms with Gasteiger partial charge in [0.25, 0.3) is 0 Å². The lowest BCUT2D eigenvalue weighted by Gasteiger charge is -2.08. The highest BCUT2D eigenvalue weighted by atomic mass is 16.3. The third-order valence-electron chi connectivity index (χ3n) is 10.4. The second kappa shape index (κ2) is 15.9. The van der Waals surface area contributed by atoms with Crippen LogP contribution in [0, 0.1) is 13.8 Å². The van der Waals surface area contributed by atoms with Crippen LogP contribution in [-0.4, -0.2) is 0 Å². The standard InChI is InChI=1S/C36H24O2.C14H26/c1-21-3-7-23(8-4-21)35-19-31-29-13-11-26-25(27(29)15-17-33(31)37-35)12-14-30-28(26)16-18-34-32(30)20-36(38-34)24-9-5-22(2)6-10-24;1-4-7-8-9-10-11-13-14(6-3)12-5-2/h3-20H,1-2H3;5-6,12H,4,7-11,13H2,1-3H3/b;12-5-,14-6+. The second-order valence-corrected chi connectivity index (χ2v) is 14.2. The monoisotopic (exact) mass is 682 g/mol. The lowest BCUT2D eigenvalue weighted by Crippen LogP contribution is -1.82. The lowest BCUT2D eigenvalue weighted by molar-refractivity contribution is 0.608. The third-order valence-corrected chi connectivity index (χ3v) is 10.4. The molecule has 2 aromatic heterocycles. The van der Waals surface area contributed by atoms with Gasteiger partial charge in [0.1, 0.15) is 22.7 Å². The van der Waals surface area contributed by atoms with E-state index in [1.54, 1.807) is 0 Å². The number of unbranched alkanes of at least 4 members (excludes halogenated alkanes) is 5. The molecule has 0 bridgehead atoms. The van der Waals surface area contributed by atoms with E-state index < -0.39 is 0 Å². The number of hydrogen-bond acceptors (Lipinski definition) is 2. The summed E-state index contributed by atoms with van der Waals surface area (Å²) in [6.45, 7) is 10.7. The van der Waals surface area contributed by atoms with Crippen LogP contribution in [0.5, 0.6) is 0 Å². The quantitative estimate of drug-likeness (QED) is 0.0815. The maximum Gasteiger partial charge on any atom is 0.135 e. The first kappa shape index (κ1) is 35.1. The van der Waals surface area contributed by atoms with E-state index in [-0.39, 0.29) is 0 Å². The van der Waals surface area contributed by atoms with Crippen LogP contribution < -0.4 is 0 Å². The average molecular weight is 683 g/mol. The number of allylic oxidation sites excluding steroid dienone is 4. The smallest absolute Gasteiger partial charge is 0.135 e. The number of rotatable bonds is 10. The molecule has 0 atom stereocenters. The molecule has 0 aliphatic rings. The van der Waals surface area contributed by atoms with Gasteiger partial charge in [-0.25, -0.2) is 0 Å². The molecule has 0 saturated heterocycles. The summed E-state index contributed by atoms with van der Waals surface area (Å²) in [5, 5.41) is 9.68. The predicted octanol–water partition coefficient (Wildman–Crippen LogP) is 15.8. The number of hydrogen-bond donors (Lipinski definition) is 0. The first-order valence-corrected chi connectivity index (χ1v) is 19.1. The fourth-order valence-electron chi connectivity index (χ4n) is 7.45. The van der Waals surface area contributed by atoms with Gasteiger partial charge in [0.15, 0.2) is 0 Å². The Labute approximate surface area is 308 Å². The van der Waals surface area contributed by atoms with Crippen molar-refractivity contribution in [3.8, 4) is 22.6 Å². The van der Waals surface area contributed by atoms with E-state index >= 15 is 0 Å². The van der Waals surface area contributed by atoms with Crippen LogP contribution in [0.25, 0.3) is 76.9 Å². The largest absolute Gasteiger partial charge is 0.456 e. The second-order valence-electron chi connectivity index (χ2n) is 14.2. The molecule has 2 heteroatoms. The molecule has 0 N–H and O–H groups in total. The van der Waals surface area contributed by atoms with Crippen molar-refractivity contribution in [3.05, 3.63) is 144 Å². The Kier molecular flexibility index (Phi) is 10.7. The molecule has 0 unspecified atom stereocenters. The van der Waals surface area contributed by atoms with Gasteiger partial charge in [-0.3, -0.25) is 0 Å². The van der Waals surface area contributed by atoms with Crippen molar-refractivity contribution in [3.63, 3.8) is 0 Å². The van der Waals surface area contributed by atoms with Gasteiger partial charge in [-0.2, -0.15) is 0 Å². The summed E-state index contributed by atoms with van der Waals surface area (Å²) in [4.78, 5) is 0. The maximum atomic E-state index is 6.27. The Balaban J connectivity index is 0.000000258. The van der Waals surface area contributed by atoms with Gasteiger partial charge in [0.05, 0.1) is 0 Å². The van der Waals surface area contributed by atoms with Crippen LogP contribution in [0.3, 0.4) is 0 Å². The van der Waals surface area contributed by atoms with Crippen molar-refractivity contribution in [1.29, 1.82) is 0 Å². The SMILES string of the molecule is C/C=C\C(=C/C)CCCCCCCC.Cc1ccc(-c2cc3c(ccc4c3ccc3c5ccc6oc(-c7ccc(C)cc7)cc6c5ccc43)o2)cc1. The van der Waals surface area contributed by atoms with Gasteiger partial charge < -0.3 is 8.83 Å². The zero-order valence-corrected chi connectivity index (χ0v) is 31.4. The van der Waals surface area contributed by atoms with E-state index in [0.29, 0.717) is 0 Å². The highest BCUT2D eigenvalue weighted by Gasteiger charge is 2.14. The van der Waals surface area contributed by atoms with Gasteiger partial charge in [-0.05, 0) is 97.1 Å². The summed E-state index contributed by atoms with van der Waals surface area (Å²) in [5.74, 6) is 1.80. The van der Waals surface area contributed by atoms with E-state index in [9.17, 15) is 0 Å². The van der Waals surface area contributed by atoms with Gasteiger partial charge in [-0.1, -0.05) is 159 Å². The van der Waals surface area contributed by atoms with E-state index in [1.807, 2.05) is 0 Å². The molecule has 0 spiro atoms. The molecule has 2 nitrogen and oxygen atoms in total. The fraction of sp³-hybridized carbons (Fsp3) is 0.240. The highest BCUT2D eigenvalue weighted by Crippen LogP contribution is 2.40. The third kappa shape index (κ3) is 7.34. The Bertz CT molecular complexity index is 2360. The van der Waals surface area contributed by atoms with E-state index in [1.165, 1.54) is 94.0 Å². The normalized spacial score (nSPS) is 12.1. The number of aryl methyl sites for hydroxylation is 2. The van der Waals surface area contributed by atoms with Crippen LogP contribution in [0.1, 0.15) is 76.8 Å². The molecule has 6 aromatic carbocycles. The number of furan rings is 2. The topological polar surface area (TPSA) is 26.3 Å². The predicted molar refractivity (Wildman–Crippen MR) is 225 cm³/mol. The van der Waals surface area contributed by atoms with Crippen LogP contribution in [-0.2, 0) is 0 Å². The minimum Gasteiger partial charge on any atom is -0.456 e. The van der Waals surface area contributed by atoms with E-state index in [0.717, 1.165) is 44.6 Å². The van der Waals surface area contributed by atoms with Crippen LogP contribution in [0.4, 0.5) is 0 Å². The Morgan fingerprint density at radius 1 is 0.481 bits per heavy atom. The van der Waals surface area contributed by atoms with Crippen molar-refractivity contribution in [2.75, 3.05) is 0 Å². The van der Waals surface area contributed by atoms with Crippen molar-refractivity contribution in [2.45, 2.75) is 79.6 Å². The molecule has 0 aliphatic carbocycles. The van der Waals surface area contributed by atoms with Crippen molar-refractivity contribution in [2.24, 2.45) is 0 Å². The molecule has 0 radical (unpaired) electrons. The summed E-state index contributed by atoms with van der Waals surface area (Å²) in [7, 11) is 0. The Morgan fingerprint density at radius 2 is 0.885 bits per heavy atom. The average Bonchev–Trinajstić information content (AvgIpc) is 3.82. The van der Waals surface area contributed by atoms with Crippen molar-refractivity contribution >= 4 is 54.3 Å². The number of fused-ring (bicyclic) bond motifs is 9. The molecular weight excluding hydrogens is 633 g/mol. The number of benzene rings is 6. The van der Waals surface area contributed by atoms with Gasteiger partial charge in [-0.15, -0.1) is 0 Å². The molecule has 0 fully saturated rings. The summed E-state index contributed by atoms with van der Waals surface area (Å²) >= 11 is 0. The zero-order valence-electron chi connectivity index (χ0n) is 31.4.